The first-order valence-electron chi connectivity index (χ1n) is 9.32. The zero-order valence-electron chi connectivity index (χ0n) is 15.9. The van der Waals surface area contributed by atoms with Gasteiger partial charge in [0.2, 0.25) is 0 Å². The first kappa shape index (κ1) is 18.5. The van der Waals surface area contributed by atoms with E-state index in [0.29, 0.717) is 36.7 Å². The van der Waals surface area contributed by atoms with Crippen LogP contribution in [0.3, 0.4) is 0 Å². The van der Waals surface area contributed by atoms with E-state index in [1.54, 1.807) is 30.1 Å². The van der Waals surface area contributed by atoms with Crippen molar-refractivity contribution >= 4 is 21.6 Å². The van der Waals surface area contributed by atoms with E-state index in [2.05, 4.69) is 6.07 Å². The number of nitrogens with zero attached hydrogens (tertiary/aromatic N) is 3. The van der Waals surface area contributed by atoms with Gasteiger partial charge in [-0.2, -0.15) is 5.26 Å². The third kappa shape index (κ3) is 3.04. The Morgan fingerprint density at radius 1 is 1.25 bits per heavy atom. The lowest BCUT2D eigenvalue weighted by Crippen LogP contribution is -2.23. The van der Waals surface area contributed by atoms with Gasteiger partial charge in [-0.15, -0.1) is 11.3 Å². The van der Waals surface area contributed by atoms with Crippen LogP contribution in [0.5, 0.6) is 11.5 Å². The molecule has 4 rings (SSSR count). The number of nitriles is 1. The third-order valence-electron chi connectivity index (χ3n) is 5.14. The molecule has 0 spiro atoms. The van der Waals surface area contributed by atoms with E-state index in [9.17, 15) is 4.79 Å². The molecule has 0 saturated heterocycles. The molecule has 7 heteroatoms. The van der Waals surface area contributed by atoms with Gasteiger partial charge in [0.25, 0.3) is 5.56 Å². The number of hydrogen-bond acceptors (Lipinski definition) is 6. The lowest BCUT2D eigenvalue weighted by Gasteiger charge is -2.14. The predicted octanol–water partition coefficient (Wildman–Crippen LogP) is 3.93. The maximum Gasteiger partial charge on any atom is 0.262 e. The minimum Gasteiger partial charge on any atom is -0.493 e. The van der Waals surface area contributed by atoms with Gasteiger partial charge in [-0.25, -0.2) is 4.98 Å². The standard InChI is InChI=1S/C21H21N3O3S/c1-26-15-9-8-13(12-16(15)27-2)19-23-20-18(14-6-5-7-17(14)28-20)21(25)24(19)11-4-3-10-22/h8-9,12H,3-7,11H2,1-2H3. The zero-order chi connectivity index (χ0) is 19.7. The number of rotatable bonds is 6. The van der Waals surface area contributed by atoms with Gasteiger partial charge < -0.3 is 9.47 Å². The van der Waals surface area contributed by atoms with E-state index in [-0.39, 0.29) is 5.56 Å². The molecular formula is C21H21N3O3S. The minimum absolute atomic E-state index is 0.00729. The lowest BCUT2D eigenvalue weighted by molar-refractivity contribution is 0.355. The van der Waals surface area contributed by atoms with Gasteiger partial charge in [0.15, 0.2) is 11.5 Å². The summed E-state index contributed by atoms with van der Waals surface area (Å²) < 4.78 is 12.5. The Bertz CT molecular complexity index is 1140. The van der Waals surface area contributed by atoms with Crippen LogP contribution in [0.4, 0.5) is 0 Å². The van der Waals surface area contributed by atoms with Crippen LogP contribution in [0, 0.1) is 11.3 Å². The highest BCUT2D eigenvalue weighted by Gasteiger charge is 2.24. The summed E-state index contributed by atoms with van der Waals surface area (Å²) >= 11 is 1.63. The molecule has 0 aliphatic heterocycles. The maximum absolute atomic E-state index is 13.4. The molecule has 3 aromatic rings. The number of aromatic nitrogens is 2. The molecule has 2 heterocycles. The maximum atomic E-state index is 13.4. The van der Waals surface area contributed by atoms with Crippen LogP contribution in [0.2, 0.25) is 0 Å². The fourth-order valence-corrected chi connectivity index (χ4v) is 5.05. The number of fused-ring (bicyclic) bond motifs is 3. The molecule has 1 aliphatic rings. The largest absolute Gasteiger partial charge is 0.493 e. The van der Waals surface area contributed by atoms with Gasteiger partial charge in [-0.1, -0.05) is 0 Å². The average molecular weight is 395 g/mol. The Balaban J connectivity index is 1.93. The normalized spacial score (nSPS) is 12.8. The van der Waals surface area contributed by atoms with Crippen molar-refractivity contribution in [2.24, 2.45) is 0 Å². The highest BCUT2D eigenvalue weighted by molar-refractivity contribution is 7.18. The molecule has 0 radical (unpaired) electrons. The minimum atomic E-state index is -0.00729. The molecule has 0 unspecified atom stereocenters. The Morgan fingerprint density at radius 3 is 2.82 bits per heavy atom. The van der Waals surface area contributed by atoms with Crippen LogP contribution in [-0.2, 0) is 19.4 Å². The van der Waals surface area contributed by atoms with Crippen LogP contribution in [-0.4, -0.2) is 23.8 Å². The van der Waals surface area contributed by atoms with Crippen molar-refractivity contribution in [3.63, 3.8) is 0 Å². The number of ether oxygens (including phenoxy) is 2. The number of methoxy groups -OCH3 is 2. The summed E-state index contributed by atoms with van der Waals surface area (Å²) in [5, 5.41) is 9.67. The fourth-order valence-electron chi connectivity index (χ4n) is 3.80. The van der Waals surface area contributed by atoms with Crippen LogP contribution in [0.1, 0.15) is 29.7 Å². The van der Waals surface area contributed by atoms with Crippen molar-refractivity contribution in [3.8, 4) is 29.0 Å². The highest BCUT2D eigenvalue weighted by Crippen LogP contribution is 2.37. The van der Waals surface area contributed by atoms with E-state index < -0.39 is 0 Å². The molecule has 0 bridgehead atoms. The number of hydrogen-bond donors (Lipinski definition) is 0. The van der Waals surface area contributed by atoms with E-state index >= 15 is 0 Å². The van der Waals surface area contributed by atoms with Crippen molar-refractivity contribution in [3.05, 3.63) is 39.0 Å². The van der Waals surface area contributed by atoms with Crippen LogP contribution < -0.4 is 15.0 Å². The third-order valence-corrected chi connectivity index (χ3v) is 6.32. The molecule has 144 valence electrons. The lowest BCUT2D eigenvalue weighted by atomic mass is 10.1. The SMILES string of the molecule is COc1ccc(-c2nc3sc4c(c3c(=O)n2CCCC#N)CCC4)cc1OC. The summed E-state index contributed by atoms with van der Waals surface area (Å²) in [4.78, 5) is 20.4. The van der Waals surface area contributed by atoms with Crippen molar-refractivity contribution in [1.82, 2.24) is 9.55 Å². The first-order chi connectivity index (χ1) is 13.7. The quantitative estimate of drug-likeness (QED) is 0.591. The van der Waals surface area contributed by atoms with Gasteiger partial charge in [0.1, 0.15) is 10.7 Å². The van der Waals surface area contributed by atoms with Gasteiger partial charge in [0.05, 0.1) is 25.7 Å². The summed E-state index contributed by atoms with van der Waals surface area (Å²) in [7, 11) is 3.18. The second kappa shape index (κ2) is 7.64. The molecule has 1 aliphatic carbocycles. The van der Waals surface area contributed by atoms with Crippen LogP contribution >= 0.6 is 11.3 Å². The highest BCUT2D eigenvalue weighted by atomic mass is 32.1. The average Bonchev–Trinajstić information content (AvgIpc) is 3.29. The van der Waals surface area contributed by atoms with Crippen molar-refractivity contribution < 1.29 is 9.47 Å². The number of unbranched alkanes of at least 4 members (excludes halogenated alkanes) is 1. The van der Waals surface area contributed by atoms with Gasteiger partial charge in [-0.3, -0.25) is 9.36 Å². The summed E-state index contributed by atoms with van der Waals surface area (Å²) in [5.74, 6) is 1.82. The summed E-state index contributed by atoms with van der Waals surface area (Å²) in [6, 6.07) is 7.70. The summed E-state index contributed by atoms with van der Waals surface area (Å²) in [6.07, 6.45) is 4.08. The zero-order valence-corrected chi connectivity index (χ0v) is 16.8. The molecule has 1 aromatic carbocycles. The molecule has 6 nitrogen and oxygen atoms in total. The topological polar surface area (TPSA) is 77.1 Å². The Morgan fingerprint density at radius 2 is 2.07 bits per heavy atom. The smallest absolute Gasteiger partial charge is 0.262 e. The fraction of sp³-hybridized carbons (Fsp3) is 0.381. The van der Waals surface area contributed by atoms with Crippen molar-refractivity contribution in [1.29, 1.82) is 5.26 Å². The second-order valence-electron chi connectivity index (χ2n) is 6.76. The van der Waals surface area contributed by atoms with Gasteiger partial charge >= 0.3 is 0 Å². The van der Waals surface area contributed by atoms with Crippen LogP contribution in [0.15, 0.2) is 23.0 Å². The molecule has 0 saturated carbocycles. The Labute approximate surface area is 167 Å². The molecular weight excluding hydrogens is 374 g/mol. The molecule has 0 fully saturated rings. The summed E-state index contributed by atoms with van der Waals surface area (Å²) in [6.45, 7) is 0.462. The van der Waals surface area contributed by atoms with Crippen molar-refractivity contribution in [2.75, 3.05) is 14.2 Å². The number of aryl methyl sites for hydroxylation is 2. The number of benzene rings is 1. The second-order valence-corrected chi connectivity index (χ2v) is 7.84. The monoisotopic (exact) mass is 395 g/mol. The Kier molecular flexibility index (Phi) is 5.05. The van der Waals surface area contributed by atoms with E-state index in [4.69, 9.17) is 19.7 Å². The van der Waals surface area contributed by atoms with Crippen molar-refractivity contribution in [2.45, 2.75) is 38.6 Å². The Hall–Kier alpha value is -2.85. The van der Waals surface area contributed by atoms with E-state index in [0.717, 1.165) is 35.0 Å². The molecule has 28 heavy (non-hydrogen) atoms. The number of thiophene rings is 1. The van der Waals surface area contributed by atoms with E-state index in [1.807, 2.05) is 18.2 Å². The van der Waals surface area contributed by atoms with E-state index in [1.165, 1.54) is 10.4 Å². The molecule has 0 N–H and O–H groups in total. The molecule has 2 aromatic heterocycles. The van der Waals surface area contributed by atoms with Gasteiger partial charge in [-0.05, 0) is 49.4 Å². The first-order valence-corrected chi connectivity index (χ1v) is 10.1. The molecule has 0 atom stereocenters. The summed E-state index contributed by atoms with van der Waals surface area (Å²) in [5.41, 5.74) is 1.96. The predicted molar refractivity (Wildman–Crippen MR) is 109 cm³/mol. The molecule has 0 amide bonds. The van der Waals surface area contributed by atoms with Crippen LogP contribution in [0.25, 0.3) is 21.6 Å². The van der Waals surface area contributed by atoms with Gasteiger partial charge in [0, 0.05) is 23.4 Å².